The Hall–Kier alpha value is -0.900. The Kier molecular flexibility index (Phi) is 6.49. The van der Waals surface area contributed by atoms with Crippen LogP contribution in [0.1, 0.15) is 53.2 Å². The van der Waals surface area contributed by atoms with Crippen LogP contribution in [0.15, 0.2) is 6.20 Å². The Bertz CT molecular complexity index is 353. The van der Waals surface area contributed by atoms with Gasteiger partial charge in [-0.15, -0.1) is 5.10 Å². The number of rotatable bonds is 8. The molecule has 0 saturated carbocycles. The predicted molar refractivity (Wildman–Crippen MR) is 78.1 cm³/mol. The van der Waals surface area contributed by atoms with E-state index in [2.05, 4.69) is 44.9 Å². The van der Waals surface area contributed by atoms with Crippen LogP contribution >= 0.6 is 0 Å². The van der Waals surface area contributed by atoms with Gasteiger partial charge in [0.05, 0.1) is 18.8 Å². The smallest absolute Gasteiger partial charge is 0.0827 e. The zero-order chi connectivity index (χ0) is 14.3. The normalized spacial score (nSPS) is 12.3. The molecule has 0 aromatic carbocycles. The lowest BCUT2D eigenvalue weighted by Gasteiger charge is -2.17. The van der Waals surface area contributed by atoms with Gasteiger partial charge < -0.3 is 4.74 Å². The second-order valence-corrected chi connectivity index (χ2v) is 6.83. The molecule has 0 atom stereocenters. The van der Waals surface area contributed by atoms with Crippen molar-refractivity contribution in [2.45, 2.75) is 60.4 Å². The maximum atomic E-state index is 5.63. The molecule has 4 nitrogen and oxygen atoms in total. The van der Waals surface area contributed by atoms with Crippen molar-refractivity contribution in [2.75, 3.05) is 13.2 Å². The average Bonchev–Trinajstić information content (AvgIpc) is 2.72. The van der Waals surface area contributed by atoms with Gasteiger partial charge in [-0.25, -0.2) is 4.68 Å². The van der Waals surface area contributed by atoms with E-state index in [1.54, 1.807) is 0 Å². The number of ether oxygens (including phenoxy) is 1. The van der Waals surface area contributed by atoms with E-state index < -0.39 is 0 Å². The first-order valence-corrected chi connectivity index (χ1v) is 7.33. The fraction of sp³-hybridized carbons (Fsp3) is 0.867. The quantitative estimate of drug-likeness (QED) is 0.678. The summed E-state index contributed by atoms with van der Waals surface area (Å²) in [7, 11) is 0. The lowest BCUT2D eigenvalue weighted by atomic mass is 9.93. The van der Waals surface area contributed by atoms with Crippen molar-refractivity contribution in [2.24, 2.45) is 11.3 Å². The average molecular weight is 267 g/mol. The zero-order valence-electron chi connectivity index (χ0n) is 13.1. The molecule has 0 radical (unpaired) electrons. The van der Waals surface area contributed by atoms with Gasteiger partial charge in [0.2, 0.25) is 0 Å². The fourth-order valence-corrected chi connectivity index (χ4v) is 1.64. The molecular weight excluding hydrogens is 238 g/mol. The van der Waals surface area contributed by atoms with Crippen LogP contribution in [0.5, 0.6) is 0 Å². The monoisotopic (exact) mass is 267 g/mol. The van der Waals surface area contributed by atoms with Gasteiger partial charge in [0.15, 0.2) is 0 Å². The summed E-state index contributed by atoms with van der Waals surface area (Å²) < 4.78 is 7.51. The number of hydrogen-bond acceptors (Lipinski definition) is 3. The lowest BCUT2D eigenvalue weighted by molar-refractivity contribution is 0.0996. The minimum Gasteiger partial charge on any atom is -0.380 e. The highest BCUT2D eigenvalue weighted by Gasteiger charge is 2.09. The molecule has 1 aromatic heterocycles. The molecule has 0 aliphatic rings. The molecule has 0 unspecified atom stereocenters. The summed E-state index contributed by atoms with van der Waals surface area (Å²) in [5, 5.41) is 8.31. The molecule has 0 spiro atoms. The van der Waals surface area contributed by atoms with E-state index in [0.29, 0.717) is 17.9 Å². The van der Waals surface area contributed by atoms with Crippen LogP contribution in [-0.2, 0) is 17.7 Å². The first-order valence-electron chi connectivity index (χ1n) is 7.33. The topological polar surface area (TPSA) is 39.9 Å². The van der Waals surface area contributed by atoms with E-state index in [1.807, 2.05) is 10.9 Å². The van der Waals surface area contributed by atoms with E-state index >= 15 is 0 Å². The lowest BCUT2D eigenvalue weighted by Crippen LogP contribution is -2.12. The van der Waals surface area contributed by atoms with Gasteiger partial charge in [0.25, 0.3) is 0 Å². The van der Waals surface area contributed by atoms with Gasteiger partial charge in [-0.3, -0.25) is 0 Å². The van der Waals surface area contributed by atoms with Crippen LogP contribution in [0, 0.1) is 11.3 Å². The van der Waals surface area contributed by atoms with Crippen molar-refractivity contribution in [3.05, 3.63) is 11.9 Å². The Morgan fingerprint density at radius 3 is 2.63 bits per heavy atom. The molecular formula is C15H29N3O. The Morgan fingerprint density at radius 1 is 1.26 bits per heavy atom. The fourth-order valence-electron chi connectivity index (χ4n) is 1.64. The first-order chi connectivity index (χ1) is 8.87. The Balaban J connectivity index is 2.16. The standard InChI is InChI=1S/C15H29N3O/c1-13(2)6-7-14-12-18(17-16-14)9-11-19-10-8-15(3,4)5/h12-13H,6-11H2,1-5H3. The summed E-state index contributed by atoms with van der Waals surface area (Å²) >= 11 is 0. The van der Waals surface area contributed by atoms with Crippen LogP contribution in [-0.4, -0.2) is 28.2 Å². The van der Waals surface area contributed by atoms with Gasteiger partial charge >= 0.3 is 0 Å². The molecule has 0 N–H and O–H groups in total. The van der Waals surface area contributed by atoms with Gasteiger partial charge in [-0.1, -0.05) is 39.8 Å². The van der Waals surface area contributed by atoms with Crippen LogP contribution in [0.25, 0.3) is 0 Å². The molecule has 0 bridgehead atoms. The third kappa shape index (κ3) is 7.98. The summed E-state index contributed by atoms with van der Waals surface area (Å²) in [4.78, 5) is 0. The maximum absolute atomic E-state index is 5.63. The summed E-state index contributed by atoms with van der Waals surface area (Å²) in [5.74, 6) is 0.714. The molecule has 4 heteroatoms. The van der Waals surface area contributed by atoms with Crippen molar-refractivity contribution in [1.29, 1.82) is 0 Å². The Morgan fingerprint density at radius 2 is 2.00 bits per heavy atom. The van der Waals surface area contributed by atoms with Crippen LogP contribution < -0.4 is 0 Å². The summed E-state index contributed by atoms with van der Waals surface area (Å²) in [6.45, 7) is 13.5. The van der Waals surface area contributed by atoms with Gasteiger partial charge in [-0.05, 0) is 30.6 Å². The molecule has 0 saturated heterocycles. The van der Waals surface area contributed by atoms with E-state index in [-0.39, 0.29) is 0 Å². The highest BCUT2D eigenvalue weighted by molar-refractivity contribution is 4.92. The highest BCUT2D eigenvalue weighted by atomic mass is 16.5. The van der Waals surface area contributed by atoms with Crippen LogP contribution in [0.3, 0.4) is 0 Å². The zero-order valence-corrected chi connectivity index (χ0v) is 13.1. The molecule has 0 amide bonds. The van der Waals surface area contributed by atoms with Crippen LogP contribution in [0.2, 0.25) is 0 Å². The first kappa shape index (κ1) is 16.2. The summed E-state index contributed by atoms with van der Waals surface area (Å²) in [5.41, 5.74) is 1.43. The molecule has 0 aliphatic heterocycles. The van der Waals surface area contributed by atoms with Gasteiger partial charge in [0.1, 0.15) is 0 Å². The number of aromatic nitrogens is 3. The highest BCUT2D eigenvalue weighted by Crippen LogP contribution is 2.17. The number of nitrogens with zero attached hydrogens (tertiary/aromatic N) is 3. The van der Waals surface area contributed by atoms with Crippen molar-refractivity contribution >= 4 is 0 Å². The largest absolute Gasteiger partial charge is 0.380 e. The van der Waals surface area contributed by atoms with E-state index in [1.165, 1.54) is 6.42 Å². The molecule has 1 aromatic rings. The summed E-state index contributed by atoms with van der Waals surface area (Å²) in [6.07, 6.45) is 5.31. The van der Waals surface area contributed by atoms with E-state index in [4.69, 9.17) is 4.74 Å². The van der Waals surface area contributed by atoms with E-state index in [0.717, 1.165) is 31.7 Å². The minimum atomic E-state index is 0.345. The third-order valence-corrected chi connectivity index (χ3v) is 3.03. The Labute approximate surface area is 117 Å². The van der Waals surface area contributed by atoms with Crippen LogP contribution in [0.4, 0.5) is 0 Å². The predicted octanol–water partition coefficient (Wildman–Crippen LogP) is 3.32. The van der Waals surface area contributed by atoms with Gasteiger partial charge in [0, 0.05) is 12.8 Å². The molecule has 1 heterocycles. The van der Waals surface area contributed by atoms with Gasteiger partial charge in [-0.2, -0.15) is 0 Å². The number of hydrogen-bond donors (Lipinski definition) is 0. The van der Waals surface area contributed by atoms with Crippen molar-refractivity contribution < 1.29 is 4.74 Å². The molecule has 1 rings (SSSR count). The SMILES string of the molecule is CC(C)CCc1cn(CCOCCC(C)(C)C)nn1. The third-order valence-electron chi connectivity index (χ3n) is 3.03. The van der Waals surface area contributed by atoms with Crippen molar-refractivity contribution in [3.8, 4) is 0 Å². The molecule has 0 fully saturated rings. The molecule has 110 valence electrons. The second-order valence-electron chi connectivity index (χ2n) is 6.83. The molecule has 19 heavy (non-hydrogen) atoms. The molecule has 0 aliphatic carbocycles. The second kappa shape index (κ2) is 7.63. The van der Waals surface area contributed by atoms with E-state index in [9.17, 15) is 0 Å². The van der Waals surface area contributed by atoms with Crippen molar-refractivity contribution in [3.63, 3.8) is 0 Å². The summed E-state index contributed by atoms with van der Waals surface area (Å²) in [6, 6.07) is 0. The maximum Gasteiger partial charge on any atom is 0.0827 e. The van der Waals surface area contributed by atoms with Crippen molar-refractivity contribution in [1.82, 2.24) is 15.0 Å². The number of aryl methyl sites for hydroxylation is 1. The minimum absolute atomic E-state index is 0.345.